The van der Waals surface area contributed by atoms with Gasteiger partial charge < -0.3 is 10.7 Å². The van der Waals surface area contributed by atoms with Gasteiger partial charge >= 0.3 is 0 Å². The molecule has 0 aliphatic carbocycles. The lowest BCUT2D eigenvalue weighted by Crippen LogP contribution is -2.18. The smallest absolute Gasteiger partial charge is 0.108 e. The highest BCUT2D eigenvalue weighted by molar-refractivity contribution is 6.33. The molecule has 0 amide bonds. The van der Waals surface area contributed by atoms with Gasteiger partial charge in [-0.2, -0.15) is 0 Å². The highest BCUT2D eigenvalue weighted by Gasteiger charge is 2.07. The molecule has 0 saturated carbocycles. The van der Waals surface area contributed by atoms with Gasteiger partial charge in [-0.05, 0) is 13.0 Å². The summed E-state index contributed by atoms with van der Waals surface area (Å²) in [5, 5.41) is 0.721. The van der Waals surface area contributed by atoms with Crippen LogP contribution in [0.4, 0.5) is 0 Å². The van der Waals surface area contributed by atoms with Crippen LogP contribution in [0.25, 0.3) is 11.3 Å². The number of imidazole rings is 1. The van der Waals surface area contributed by atoms with Gasteiger partial charge in [0.15, 0.2) is 0 Å². The zero-order chi connectivity index (χ0) is 11.5. The minimum absolute atomic E-state index is 0.102. The SMILES string of the molecule is CC(N)Cc1ncc(-c2ccccc2Cl)[nH]1. The molecule has 1 aromatic carbocycles. The molecule has 0 aliphatic rings. The van der Waals surface area contributed by atoms with Gasteiger partial charge in [0, 0.05) is 23.0 Å². The Morgan fingerprint density at radius 3 is 2.88 bits per heavy atom. The first kappa shape index (κ1) is 11.2. The molecular weight excluding hydrogens is 222 g/mol. The summed E-state index contributed by atoms with van der Waals surface area (Å²) in [4.78, 5) is 7.51. The Morgan fingerprint density at radius 1 is 1.44 bits per heavy atom. The maximum atomic E-state index is 6.10. The number of aromatic nitrogens is 2. The van der Waals surface area contributed by atoms with Gasteiger partial charge in [-0.3, -0.25) is 0 Å². The molecule has 1 aromatic heterocycles. The van der Waals surface area contributed by atoms with Crippen molar-refractivity contribution in [2.45, 2.75) is 19.4 Å². The fourth-order valence-corrected chi connectivity index (χ4v) is 1.83. The van der Waals surface area contributed by atoms with Gasteiger partial charge in [-0.1, -0.05) is 29.8 Å². The second kappa shape index (κ2) is 4.68. The van der Waals surface area contributed by atoms with E-state index < -0.39 is 0 Å². The van der Waals surface area contributed by atoms with Crippen LogP contribution in [0.2, 0.25) is 5.02 Å². The lowest BCUT2D eigenvalue weighted by Gasteiger charge is -2.01. The third-order valence-corrected chi connectivity index (χ3v) is 2.64. The zero-order valence-corrected chi connectivity index (χ0v) is 9.83. The summed E-state index contributed by atoms with van der Waals surface area (Å²) in [6.07, 6.45) is 2.53. The van der Waals surface area contributed by atoms with E-state index in [9.17, 15) is 0 Å². The number of aromatic amines is 1. The summed E-state index contributed by atoms with van der Waals surface area (Å²) in [5.41, 5.74) is 7.61. The standard InChI is InChI=1S/C12H14ClN3/c1-8(14)6-12-15-7-11(16-12)9-4-2-3-5-10(9)13/h2-5,7-8H,6,14H2,1H3,(H,15,16). The summed E-state index contributed by atoms with van der Waals surface area (Å²) in [6.45, 7) is 1.96. The van der Waals surface area contributed by atoms with Gasteiger partial charge in [0.25, 0.3) is 0 Å². The molecule has 0 spiro atoms. The average Bonchev–Trinajstić information content (AvgIpc) is 2.66. The minimum Gasteiger partial charge on any atom is -0.342 e. The zero-order valence-electron chi connectivity index (χ0n) is 9.07. The van der Waals surface area contributed by atoms with Gasteiger partial charge in [-0.15, -0.1) is 0 Å². The van der Waals surface area contributed by atoms with Crippen LogP contribution < -0.4 is 5.73 Å². The number of halogens is 1. The second-order valence-electron chi connectivity index (χ2n) is 3.90. The number of nitrogens with one attached hydrogen (secondary N) is 1. The van der Waals surface area contributed by atoms with E-state index in [-0.39, 0.29) is 6.04 Å². The van der Waals surface area contributed by atoms with Gasteiger partial charge in [0.2, 0.25) is 0 Å². The molecule has 4 heteroatoms. The van der Waals surface area contributed by atoms with E-state index in [0.29, 0.717) is 0 Å². The summed E-state index contributed by atoms with van der Waals surface area (Å²) in [5.74, 6) is 0.893. The van der Waals surface area contributed by atoms with Crippen LogP contribution in [-0.2, 0) is 6.42 Å². The number of nitrogens with zero attached hydrogens (tertiary/aromatic N) is 1. The number of H-pyrrole nitrogens is 1. The van der Waals surface area contributed by atoms with Gasteiger partial charge in [-0.25, -0.2) is 4.98 Å². The Bertz CT molecular complexity index is 477. The number of benzene rings is 1. The van der Waals surface area contributed by atoms with Crippen molar-refractivity contribution in [2.24, 2.45) is 5.73 Å². The molecule has 3 nitrogen and oxygen atoms in total. The predicted octanol–water partition coefficient (Wildman–Crippen LogP) is 2.62. The van der Waals surface area contributed by atoms with Crippen molar-refractivity contribution < 1.29 is 0 Å². The third kappa shape index (κ3) is 2.43. The molecule has 0 fully saturated rings. The quantitative estimate of drug-likeness (QED) is 0.859. The molecule has 2 rings (SSSR count). The Balaban J connectivity index is 2.28. The molecule has 1 unspecified atom stereocenters. The summed E-state index contributed by atoms with van der Waals surface area (Å²) >= 11 is 6.10. The lowest BCUT2D eigenvalue weighted by molar-refractivity contribution is 0.710. The first-order valence-electron chi connectivity index (χ1n) is 5.21. The summed E-state index contributed by atoms with van der Waals surface area (Å²) in [6, 6.07) is 7.79. The van der Waals surface area contributed by atoms with Crippen molar-refractivity contribution in [3.05, 3.63) is 41.3 Å². The molecule has 0 bridgehead atoms. The number of rotatable bonds is 3. The Kier molecular flexibility index (Phi) is 3.27. The third-order valence-electron chi connectivity index (χ3n) is 2.31. The Hall–Kier alpha value is -1.32. The Morgan fingerprint density at radius 2 is 2.19 bits per heavy atom. The maximum Gasteiger partial charge on any atom is 0.108 e. The highest BCUT2D eigenvalue weighted by Crippen LogP contribution is 2.25. The number of nitrogens with two attached hydrogens (primary N) is 1. The fraction of sp³-hybridized carbons (Fsp3) is 0.250. The molecule has 1 heterocycles. The van der Waals surface area contributed by atoms with Gasteiger partial charge in [0.1, 0.15) is 5.82 Å². The summed E-state index contributed by atoms with van der Waals surface area (Å²) < 4.78 is 0. The van der Waals surface area contributed by atoms with Crippen molar-refractivity contribution in [1.82, 2.24) is 9.97 Å². The van der Waals surface area contributed by atoms with Crippen LogP contribution in [0.3, 0.4) is 0 Å². The van der Waals surface area contributed by atoms with E-state index in [1.165, 1.54) is 0 Å². The monoisotopic (exact) mass is 235 g/mol. The number of hydrogen-bond acceptors (Lipinski definition) is 2. The van der Waals surface area contributed by atoms with Crippen molar-refractivity contribution in [3.8, 4) is 11.3 Å². The average molecular weight is 236 g/mol. The van der Waals surface area contributed by atoms with Crippen molar-refractivity contribution >= 4 is 11.6 Å². The van der Waals surface area contributed by atoms with Crippen LogP contribution in [0, 0.1) is 0 Å². The van der Waals surface area contributed by atoms with Crippen molar-refractivity contribution in [2.75, 3.05) is 0 Å². The molecule has 84 valence electrons. The Labute approximate surface area is 99.7 Å². The molecule has 0 saturated heterocycles. The normalized spacial score (nSPS) is 12.7. The molecule has 1 atom stereocenters. The van der Waals surface area contributed by atoms with Crippen molar-refractivity contribution in [3.63, 3.8) is 0 Å². The predicted molar refractivity (Wildman–Crippen MR) is 66.4 cm³/mol. The topological polar surface area (TPSA) is 54.7 Å². The number of hydrogen-bond donors (Lipinski definition) is 2. The van der Waals surface area contributed by atoms with Gasteiger partial charge in [0.05, 0.1) is 11.9 Å². The second-order valence-corrected chi connectivity index (χ2v) is 4.31. The molecule has 0 radical (unpaired) electrons. The first-order chi connectivity index (χ1) is 7.66. The van der Waals surface area contributed by atoms with E-state index >= 15 is 0 Å². The highest BCUT2D eigenvalue weighted by atomic mass is 35.5. The molecule has 3 N–H and O–H groups in total. The van der Waals surface area contributed by atoms with E-state index in [4.69, 9.17) is 17.3 Å². The van der Waals surface area contributed by atoms with Crippen LogP contribution in [-0.4, -0.2) is 16.0 Å². The lowest BCUT2D eigenvalue weighted by atomic mass is 10.2. The maximum absolute atomic E-state index is 6.10. The van der Waals surface area contributed by atoms with E-state index in [2.05, 4.69) is 9.97 Å². The molecule has 2 aromatic rings. The van der Waals surface area contributed by atoms with E-state index in [1.54, 1.807) is 6.20 Å². The van der Waals surface area contributed by atoms with Crippen LogP contribution in [0.1, 0.15) is 12.7 Å². The van der Waals surface area contributed by atoms with E-state index in [1.807, 2.05) is 31.2 Å². The first-order valence-corrected chi connectivity index (χ1v) is 5.59. The van der Waals surface area contributed by atoms with Crippen molar-refractivity contribution in [1.29, 1.82) is 0 Å². The molecule has 16 heavy (non-hydrogen) atoms. The minimum atomic E-state index is 0.102. The molecular formula is C12H14ClN3. The fourth-order valence-electron chi connectivity index (χ4n) is 1.59. The van der Waals surface area contributed by atoms with Crippen LogP contribution >= 0.6 is 11.6 Å². The molecule has 0 aliphatic heterocycles. The largest absolute Gasteiger partial charge is 0.342 e. The summed E-state index contributed by atoms with van der Waals surface area (Å²) in [7, 11) is 0. The van der Waals surface area contributed by atoms with Crippen LogP contribution in [0.15, 0.2) is 30.5 Å². The van der Waals surface area contributed by atoms with E-state index in [0.717, 1.165) is 28.5 Å². The van der Waals surface area contributed by atoms with Crippen LogP contribution in [0.5, 0.6) is 0 Å².